The largest absolute Gasteiger partial charge is 0.348 e. The fraction of sp³-hybridized carbons (Fsp3) is 0.412. The van der Waals surface area contributed by atoms with Crippen LogP contribution in [0.2, 0.25) is 0 Å². The number of benzene rings is 1. The van der Waals surface area contributed by atoms with Crippen molar-refractivity contribution in [2.45, 2.75) is 46.2 Å². The van der Waals surface area contributed by atoms with Gasteiger partial charge in [-0.05, 0) is 31.9 Å². The molecule has 23 heavy (non-hydrogen) atoms. The number of alkyl halides is 2. The molecule has 124 valence electrons. The molecule has 0 radical (unpaired) electrons. The van der Waals surface area contributed by atoms with Crippen LogP contribution in [0.5, 0.6) is 0 Å². The molecule has 0 bridgehead atoms. The number of nitrogens with one attached hydrogen (secondary N) is 1. The molecule has 1 N–H and O–H groups in total. The number of aromatic nitrogens is 2. The average Bonchev–Trinajstić information content (AvgIpc) is 2.86. The van der Waals surface area contributed by atoms with Crippen molar-refractivity contribution in [3.05, 3.63) is 52.8 Å². The predicted molar refractivity (Wildman–Crippen MR) is 84.3 cm³/mol. The second-order valence-electron chi connectivity index (χ2n) is 5.61. The third kappa shape index (κ3) is 4.37. The lowest BCUT2D eigenvalue weighted by Gasteiger charge is -2.18. The number of hydrogen-bond donors (Lipinski definition) is 1. The van der Waals surface area contributed by atoms with Gasteiger partial charge in [0.05, 0.1) is 11.7 Å². The first kappa shape index (κ1) is 17.1. The molecule has 0 fully saturated rings. The Morgan fingerprint density at radius 3 is 2.48 bits per heavy atom. The van der Waals surface area contributed by atoms with E-state index in [0.717, 1.165) is 15.8 Å². The van der Waals surface area contributed by atoms with E-state index in [1.807, 2.05) is 38.1 Å². The maximum absolute atomic E-state index is 12.9. The zero-order chi connectivity index (χ0) is 17.0. The van der Waals surface area contributed by atoms with Crippen LogP contribution in [-0.4, -0.2) is 15.7 Å². The van der Waals surface area contributed by atoms with E-state index in [0.29, 0.717) is 12.1 Å². The molecule has 2 aromatic rings. The Morgan fingerprint density at radius 1 is 1.26 bits per heavy atom. The van der Waals surface area contributed by atoms with Crippen LogP contribution >= 0.6 is 0 Å². The quantitative estimate of drug-likeness (QED) is 0.882. The Bertz CT molecular complexity index is 665. The lowest BCUT2D eigenvalue weighted by Crippen LogP contribution is -2.32. The van der Waals surface area contributed by atoms with Crippen molar-refractivity contribution in [3.8, 4) is 0 Å². The third-order valence-electron chi connectivity index (χ3n) is 3.67. The highest BCUT2D eigenvalue weighted by atomic mass is 19.3. The van der Waals surface area contributed by atoms with E-state index in [9.17, 15) is 13.6 Å². The summed E-state index contributed by atoms with van der Waals surface area (Å²) < 4.78 is 26.9. The van der Waals surface area contributed by atoms with Crippen LogP contribution in [0.4, 0.5) is 8.78 Å². The Morgan fingerprint density at radius 2 is 1.91 bits per heavy atom. The zero-order valence-corrected chi connectivity index (χ0v) is 13.5. The summed E-state index contributed by atoms with van der Waals surface area (Å²) in [6.45, 7) is 5.37. The summed E-state index contributed by atoms with van der Waals surface area (Å²) in [4.78, 5) is 12.2. The molecular formula is C17H21F2N3O. The predicted octanol–water partition coefficient (Wildman–Crippen LogP) is 3.71. The molecule has 2 rings (SSSR count). The van der Waals surface area contributed by atoms with Gasteiger partial charge in [-0.2, -0.15) is 5.10 Å². The number of carbonyl (C=O) groups is 1. The van der Waals surface area contributed by atoms with Crippen LogP contribution < -0.4 is 5.32 Å². The minimum absolute atomic E-state index is 0.144. The molecule has 0 saturated carbocycles. The van der Waals surface area contributed by atoms with Crippen LogP contribution in [0.1, 0.15) is 48.3 Å². The number of amides is 1. The van der Waals surface area contributed by atoms with Gasteiger partial charge in [0.2, 0.25) is 5.91 Å². The Labute approximate surface area is 134 Å². The van der Waals surface area contributed by atoms with Crippen molar-refractivity contribution >= 4 is 5.91 Å². The Kier molecular flexibility index (Phi) is 5.47. The minimum Gasteiger partial charge on any atom is -0.348 e. The van der Waals surface area contributed by atoms with Gasteiger partial charge in [-0.15, -0.1) is 0 Å². The van der Waals surface area contributed by atoms with Gasteiger partial charge in [0.15, 0.2) is 0 Å². The first-order chi connectivity index (χ1) is 10.9. The van der Waals surface area contributed by atoms with Gasteiger partial charge >= 0.3 is 0 Å². The minimum atomic E-state index is -2.65. The topological polar surface area (TPSA) is 46.9 Å². The summed E-state index contributed by atoms with van der Waals surface area (Å²) in [5, 5.41) is 6.85. The SMILES string of the molecule is CCC(NC(=O)Cn1nc(C)cc1C(F)F)c1ccc(C)cc1. The number of rotatable bonds is 6. The summed E-state index contributed by atoms with van der Waals surface area (Å²) in [6.07, 6.45) is -1.93. The first-order valence-electron chi connectivity index (χ1n) is 7.59. The standard InChI is InChI=1S/C17H21F2N3O/c1-4-14(13-7-5-11(2)6-8-13)20-16(23)10-22-15(17(18)19)9-12(3)21-22/h5-9,14,17H,4,10H2,1-3H3,(H,20,23). The second kappa shape index (κ2) is 7.35. The van der Waals surface area contributed by atoms with Crippen LogP contribution in [0, 0.1) is 13.8 Å². The molecule has 4 nitrogen and oxygen atoms in total. The van der Waals surface area contributed by atoms with Crippen molar-refractivity contribution in [3.63, 3.8) is 0 Å². The normalized spacial score (nSPS) is 12.4. The molecular weight excluding hydrogens is 300 g/mol. The molecule has 1 heterocycles. The van der Waals surface area contributed by atoms with E-state index in [1.165, 1.54) is 6.07 Å². The molecule has 1 aromatic carbocycles. The van der Waals surface area contributed by atoms with E-state index < -0.39 is 6.43 Å². The maximum atomic E-state index is 12.9. The maximum Gasteiger partial charge on any atom is 0.280 e. The van der Waals surface area contributed by atoms with Gasteiger partial charge in [0, 0.05) is 0 Å². The highest BCUT2D eigenvalue weighted by Crippen LogP contribution is 2.20. The molecule has 1 atom stereocenters. The van der Waals surface area contributed by atoms with Gasteiger partial charge in [-0.1, -0.05) is 36.8 Å². The molecule has 0 aliphatic heterocycles. The van der Waals surface area contributed by atoms with Crippen LogP contribution in [0.3, 0.4) is 0 Å². The number of halogens is 2. The van der Waals surface area contributed by atoms with E-state index >= 15 is 0 Å². The highest BCUT2D eigenvalue weighted by molar-refractivity contribution is 5.76. The summed E-state index contributed by atoms with van der Waals surface area (Å²) in [7, 11) is 0. The van der Waals surface area contributed by atoms with Crippen LogP contribution in [-0.2, 0) is 11.3 Å². The summed E-state index contributed by atoms with van der Waals surface area (Å²) >= 11 is 0. The highest BCUT2D eigenvalue weighted by Gasteiger charge is 2.19. The van der Waals surface area contributed by atoms with Crippen molar-refractivity contribution in [1.29, 1.82) is 0 Å². The van der Waals surface area contributed by atoms with Crippen LogP contribution in [0.25, 0.3) is 0 Å². The smallest absolute Gasteiger partial charge is 0.280 e. The number of aryl methyl sites for hydroxylation is 2. The number of nitrogens with zero attached hydrogens (tertiary/aromatic N) is 2. The number of carbonyl (C=O) groups excluding carboxylic acids is 1. The second-order valence-corrected chi connectivity index (χ2v) is 5.61. The monoisotopic (exact) mass is 321 g/mol. The lowest BCUT2D eigenvalue weighted by atomic mass is 10.0. The fourth-order valence-corrected chi connectivity index (χ4v) is 2.46. The lowest BCUT2D eigenvalue weighted by molar-refractivity contribution is -0.122. The Balaban J connectivity index is 2.07. The Hall–Kier alpha value is -2.24. The van der Waals surface area contributed by atoms with E-state index in [2.05, 4.69) is 10.4 Å². The molecule has 6 heteroatoms. The molecule has 0 saturated heterocycles. The summed E-state index contributed by atoms with van der Waals surface area (Å²) in [5.41, 5.74) is 2.38. The van der Waals surface area contributed by atoms with Gasteiger partial charge in [-0.25, -0.2) is 8.78 Å². The molecule has 0 spiro atoms. The van der Waals surface area contributed by atoms with Crippen LogP contribution in [0.15, 0.2) is 30.3 Å². The third-order valence-corrected chi connectivity index (χ3v) is 3.67. The summed E-state index contributed by atoms with van der Waals surface area (Å²) in [5.74, 6) is -0.331. The number of hydrogen-bond acceptors (Lipinski definition) is 2. The molecule has 1 aromatic heterocycles. The van der Waals surface area contributed by atoms with E-state index in [4.69, 9.17) is 0 Å². The van der Waals surface area contributed by atoms with Gasteiger partial charge in [0.1, 0.15) is 12.2 Å². The van der Waals surface area contributed by atoms with Gasteiger partial charge < -0.3 is 5.32 Å². The van der Waals surface area contributed by atoms with Crippen molar-refractivity contribution in [1.82, 2.24) is 15.1 Å². The average molecular weight is 321 g/mol. The van der Waals surface area contributed by atoms with Crippen molar-refractivity contribution < 1.29 is 13.6 Å². The molecule has 1 unspecified atom stereocenters. The van der Waals surface area contributed by atoms with E-state index in [-0.39, 0.29) is 24.2 Å². The first-order valence-corrected chi connectivity index (χ1v) is 7.59. The molecule has 1 amide bonds. The fourth-order valence-electron chi connectivity index (χ4n) is 2.46. The molecule has 0 aliphatic carbocycles. The zero-order valence-electron chi connectivity index (χ0n) is 13.5. The van der Waals surface area contributed by atoms with Gasteiger partial charge in [-0.3, -0.25) is 9.48 Å². The van der Waals surface area contributed by atoms with Gasteiger partial charge in [0.25, 0.3) is 6.43 Å². The molecule has 0 aliphatic rings. The van der Waals surface area contributed by atoms with E-state index in [1.54, 1.807) is 6.92 Å². The van der Waals surface area contributed by atoms with Crippen molar-refractivity contribution in [2.24, 2.45) is 0 Å². The van der Waals surface area contributed by atoms with Crippen molar-refractivity contribution in [2.75, 3.05) is 0 Å². The summed E-state index contributed by atoms with van der Waals surface area (Å²) in [6, 6.07) is 9.05.